The molecule has 0 aromatic heterocycles. The van der Waals surface area contributed by atoms with Crippen molar-refractivity contribution in [3.05, 3.63) is 24.3 Å². The lowest BCUT2D eigenvalue weighted by Crippen LogP contribution is -2.43. The predicted octanol–water partition coefficient (Wildman–Crippen LogP) is -0.103. The number of benzene rings is 1. The Morgan fingerprint density at radius 3 is 2.63 bits per heavy atom. The average Bonchev–Trinajstić information content (AvgIpc) is 2.39. The van der Waals surface area contributed by atoms with E-state index in [4.69, 9.17) is 15.6 Å². The number of hydrogen-bond acceptors (Lipinski definition) is 5. The molecule has 1 aromatic carbocycles. The lowest BCUT2D eigenvalue weighted by atomic mass is 10.1. The van der Waals surface area contributed by atoms with Gasteiger partial charge in [-0.2, -0.15) is 0 Å². The lowest BCUT2D eigenvalue weighted by Gasteiger charge is -2.20. The summed E-state index contributed by atoms with van der Waals surface area (Å²) in [6.07, 6.45) is 0.173. The van der Waals surface area contributed by atoms with Gasteiger partial charge in [0.15, 0.2) is 0 Å². The van der Waals surface area contributed by atoms with E-state index in [0.29, 0.717) is 11.4 Å². The Balaban J connectivity index is 2.22. The number of nitrogen functional groups attached to an aromatic ring is 1. The van der Waals surface area contributed by atoms with Crippen LogP contribution in [0, 0.1) is 0 Å². The molecule has 1 amide bonds. The molecule has 106 valence electrons. The van der Waals surface area contributed by atoms with Crippen LogP contribution in [0.2, 0.25) is 0 Å². The van der Waals surface area contributed by atoms with E-state index in [9.17, 15) is 9.90 Å². The fraction of sp³-hybridized carbons (Fsp3) is 0.462. The van der Waals surface area contributed by atoms with Gasteiger partial charge in [-0.1, -0.05) is 0 Å². The highest BCUT2D eigenvalue weighted by atomic mass is 16.5. The second-order valence-electron chi connectivity index (χ2n) is 4.60. The molecule has 0 bridgehead atoms. The molecule has 0 saturated heterocycles. The third-order valence-corrected chi connectivity index (χ3v) is 2.48. The van der Waals surface area contributed by atoms with Crippen LogP contribution in [0.3, 0.4) is 0 Å². The third-order valence-electron chi connectivity index (χ3n) is 2.48. The van der Waals surface area contributed by atoms with Crippen molar-refractivity contribution in [1.82, 2.24) is 5.32 Å². The Kier molecular flexibility index (Phi) is 5.59. The van der Waals surface area contributed by atoms with Crippen molar-refractivity contribution in [1.29, 1.82) is 0 Å². The summed E-state index contributed by atoms with van der Waals surface area (Å²) >= 11 is 0. The minimum Gasteiger partial charge on any atom is -0.493 e. The zero-order valence-electron chi connectivity index (χ0n) is 10.9. The van der Waals surface area contributed by atoms with Crippen molar-refractivity contribution in [3.8, 4) is 5.75 Å². The van der Waals surface area contributed by atoms with Crippen molar-refractivity contribution >= 4 is 11.6 Å². The smallest absolute Gasteiger partial charge is 0.223 e. The van der Waals surface area contributed by atoms with Crippen LogP contribution >= 0.6 is 0 Å². The molecule has 1 atom stereocenters. The van der Waals surface area contributed by atoms with Crippen molar-refractivity contribution in [2.24, 2.45) is 0 Å². The number of anilines is 1. The van der Waals surface area contributed by atoms with Gasteiger partial charge in [-0.15, -0.1) is 0 Å². The zero-order valence-corrected chi connectivity index (χ0v) is 10.9. The van der Waals surface area contributed by atoms with Crippen molar-refractivity contribution in [2.75, 3.05) is 25.5 Å². The van der Waals surface area contributed by atoms with Gasteiger partial charge in [0.25, 0.3) is 0 Å². The van der Waals surface area contributed by atoms with E-state index in [0.717, 1.165) is 0 Å². The quantitative estimate of drug-likeness (QED) is 0.517. The third kappa shape index (κ3) is 6.08. The molecule has 0 spiro atoms. The van der Waals surface area contributed by atoms with Gasteiger partial charge in [0, 0.05) is 12.2 Å². The van der Waals surface area contributed by atoms with E-state index in [1.165, 1.54) is 6.92 Å². The summed E-state index contributed by atoms with van der Waals surface area (Å²) in [4.78, 5) is 11.4. The summed E-state index contributed by atoms with van der Waals surface area (Å²) in [6, 6.07) is 6.88. The number of carbonyl (C=O) groups is 1. The van der Waals surface area contributed by atoms with Crippen LogP contribution in [0.25, 0.3) is 0 Å². The first-order chi connectivity index (χ1) is 8.93. The Bertz CT molecular complexity index is 404. The fourth-order valence-electron chi connectivity index (χ4n) is 1.26. The first-order valence-electron chi connectivity index (χ1n) is 6.01. The van der Waals surface area contributed by atoms with Gasteiger partial charge in [-0.25, -0.2) is 0 Å². The molecule has 19 heavy (non-hydrogen) atoms. The Morgan fingerprint density at radius 1 is 1.42 bits per heavy atom. The summed E-state index contributed by atoms with van der Waals surface area (Å²) in [5, 5.41) is 20.8. The Morgan fingerprint density at radius 2 is 2.05 bits per heavy atom. The number of nitrogens with two attached hydrogens (primary N) is 1. The number of hydrogen-bond donors (Lipinski definition) is 4. The molecule has 0 radical (unpaired) electrons. The van der Waals surface area contributed by atoms with Crippen molar-refractivity contribution in [2.45, 2.75) is 18.9 Å². The predicted molar refractivity (Wildman–Crippen MR) is 71.7 cm³/mol. The molecule has 0 saturated carbocycles. The first kappa shape index (κ1) is 15.3. The Hall–Kier alpha value is -1.79. The molecule has 5 N–H and O–H groups in total. The number of aliphatic hydroxyl groups is 2. The zero-order chi connectivity index (χ0) is 14.3. The molecule has 1 aromatic rings. The van der Waals surface area contributed by atoms with Crippen LogP contribution < -0.4 is 15.8 Å². The highest BCUT2D eigenvalue weighted by molar-refractivity contribution is 5.76. The molecule has 1 unspecified atom stereocenters. The van der Waals surface area contributed by atoms with Crippen molar-refractivity contribution in [3.63, 3.8) is 0 Å². The summed E-state index contributed by atoms with van der Waals surface area (Å²) < 4.78 is 5.36. The van der Waals surface area contributed by atoms with Gasteiger partial charge in [-0.05, 0) is 31.2 Å². The van der Waals surface area contributed by atoms with Crippen LogP contribution in [0.1, 0.15) is 13.3 Å². The maximum atomic E-state index is 11.4. The van der Waals surface area contributed by atoms with Crippen LogP contribution in [0.5, 0.6) is 5.75 Å². The van der Waals surface area contributed by atoms with Crippen LogP contribution in [-0.2, 0) is 4.79 Å². The summed E-state index contributed by atoms with van der Waals surface area (Å²) in [6.45, 7) is 1.27. The van der Waals surface area contributed by atoms with E-state index in [2.05, 4.69) is 5.32 Å². The van der Waals surface area contributed by atoms with E-state index in [1.54, 1.807) is 24.3 Å². The molecule has 0 aliphatic heterocycles. The van der Waals surface area contributed by atoms with Gasteiger partial charge < -0.3 is 26.0 Å². The summed E-state index contributed by atoms with van der Waals surface area (Å²) in [5.41, 5.74) is 4.88. The molecule has 0 heterocycles. The maximum Gasteiger partial charge on any atom is 0.223 e. The summed E-state index contributed by atoms with van der Waals surface area (Å²) in [7, 11) is 0. The van der Waals surface area contributed by atoms with Crippen LogP contribution in [-0.4, -0.2) is 41.5 Å². The van der Waals surface area contributed by atoms with Gasteiger partial charge >= 0.3 is 0 Å². The van der Waals surface area contributed by atoms with Gasteiger partial charge in [0.2, 0.25) is 5.91 Å². The molecule has 0 aliphatic carbocycles. The number of aliphatic hydroxyl groups excluding tert-OH is 1. The first-order valence-corrected chi connectivity index (χ1v) is 6.01. The Labute approximate surface area is 112 Å². The van der Waals surface area contributed by atoms with Crippen LogP contribution in [0.4, 0.5) is 5.69 Å². The van der Waals surface area contributed by atoms with Crippen LogP contribution in [0.15, 0.2) is 24.3 Å². The van der Waals surface area contributed by atoms with Gasteiger partial charge in [0.1, 0.15) is 11.4 Å². The fourth-order valence-corrected chi connectivity index (χ4v) is 1.26. The topological polar surface area (TPSA) is 105 Å². The average molecular weight is 268 g/mol. The molecular weight excluding hydrogens is 248 g/mol. The highest BCUT2D eigenvalue weighted by Gasteiger charge is 2.19. The van der Waals surface area contributed by atoms with E-state index in [-0.39, 0.29) is 25.5 Å². The molecule has 6 heteroatoms. The molecule has 0 fully saturated rings. The SMILES string of the molecule is CC(O)(CO)CNC(=O)CCOc1ccc(N)cc1. The van der Waals surface area contributed by atoms with Crippen molar-refractivity contribution < 1.29 is 19.7 Å². The number of carbonyl (C=O) groups excluding carboxylic acids is 1. The minimum absolute atomic E-state index is 0.00417. The number of nitrogens with one attached hydrogen (secondary N) is 1. The largest absolute Gasteiger partial charge is 0.493 e. The van der Waals surface area contributed by atoms with E-state index < -0.39 is 12.2 Å². The van der Waals surface area contributed by atoms with E-state index >= 15 is 0 Å². The molecule has 0 aliphatic rings. The normalized spacial score (nSPS) is 13.6. The minimum atomic E-state index is -1.30. The second kappa shape index (κ2) is 6.96. The number of rotatable bonds is 7. The monoisotopic (exact) mass is 268 g/mol. The molecule has 6 nitrogen and oxygen atoms in total. The van der Waals surface area contributed by atoms with Gasteiger partial charge in [-0.3, -0.25) is 4.79 Å². The maximum absolute atomic E-state index is 11.4. The highest BCUT2D eigenvalue weighted by Crippen LogP contribution is 2.13. The second-order valence-corrected chi connectivity index (χ2v) is 4.60. The molecular formula is C13H20N2O4. The lowest BCUT2D eigenvalue weighted by molar-refractivity contribution is -0.123. The number of amides is 1. The number of ether oxygens (including phenoxy) is 1. The summed E-state index contributed by atoms with van der Waals surface area (Å²) in [5.74, 6) is 0.397. The standard InChI is InChI=1S/C13H20N2O4/c1-13(18,9-16)8-15-12(17)6-7-19-11-4-2-10(14)3-5-11/h2-5,16,18H,6-9,14H2,1H3,(H,15,17). The van der Waals surface area contributed by atoms with Gasteiger partial charge in [0.05, 0.1) is 19.6 Å². The molecule has 1 rings (SSSR count). The van der Waals surface area contributed by atoms with E-state index in [1.807, 2.05) is 0 Å².